The summed E-state index contributed by atoms with van der Waals surface area (Å²) in [5.41, 5.74) is 2.60. The first-order valence-corrected chi connectivity index (χ1v) is 6.11. The molecule has 3 nitrogen and oxygen atoms in total. The maximum absolute atomic E-state index is 4.07. The Kier molecular flexibility index (Phi) is 3.64. The van der Waals surface area contributed by atoms with Crippen molar-refractivity contribution in [1.82, 2.24) is 15.5 Å². The normalized spacial score (nSPS) is 10.6. The number of hydrogen-bond donors (Lipinski definition) is 1. The van der Waals surface area contributed by atoms with Gasteiger partial charge in [0.2, 0.25) is 0 Å². The lowest BCUT2D eigenvalue weighted by atomic mass is 10.1. The quantitative estimate of drug-likeness (QED) is 0.881. The van der Waals surface area contributed by atoms with E-state index < -0.39 is 0 Å². The number of aryl methyl sites for hydroxylation is 2. The van der Waals surface area contributed by atoms with E-state index in [2.05, 4.69) is 46.7 Å². The number of benzene rings is 1. The maximum atomic E-state index is 4.07. The Bertz CT molecular complexity index is 465. The summed E-state index contributed by atoms with van der Waals surface area (Å²) in [5.74, 6) is 0. The maximum Gasteiger partial charge on any atom is 0.131 e. The molecule has 0 aliphatic heterocycles. The van der Waals surface area contributed by atoms with Crippen LogP contribution in [0.25, 0.3) is 0 Å². The van der Waals surface area contributed by atoms with Crippen LogP contribution in [0.15, 0.2) is 24.3 Å². The SMILES string of the molecule is Cc1cccc(CNCc2nnc(C)s2)c1. The van der Waals surface area contributed by atoms with Crippen molar-refractivity contribution in [3.8, 4) is 0 Å². The topological polar surface area (TPSA) is 37.8 Å². The molecule has 0 fully saturated rings. The Labute approximate surface area is 99.5 Å². The third kappa shape index (κ3) is 3.12. The summed E-state index contributed by atoms with van der Waals surface area (Å²) in [6.07, 6.45) is 0. The summed E-state index contributed by atoms with van der Waals surface area (Å²) in [6.45, 7) is 5.75. The second-order valence-corrected chi connectivity index (χ2v) is 5.07. The molecule has 1 aromatic heterocycles. The minimum atomic E-state index is 0.791. The molecular formula is C12H15N3S. The van der Waals surface area contributed by atoms with Crippen molar-refractivity contribution in [2.24, 2.45) is 0 Å². The number of nitrogens with zero attached hydrogens (tertiary/aromatic N) is 2. The van der Waals surface area contributed by atoms with Crippen LogP contribution in [0.5, 0.6) is 0 Å². The number of hydrogen-bond acceptors (Lipinski definition) is 4. The van der Waals surface area contributed by atoms with E-state index in [9.17, 15) is 0 Å². The van der Waals surface area contributed by atoms with E-state index in [1.165, 1.54) is 11.1 Å². The molecule has 0 aliphatic rings. The number of nitrogens with one attached hydrogen (secondary N) is 1. The Morgan fingerprint density at radius 3 is 2.75 bits per heavy atom. The molecule has 4 heteroatoms. The van der Waals surface area contributed by atoms with Gasteiger partial charge in [0, 0.05) is 13.1 Å². The van der Waals surface area contributed by atoms with Crippen LogP contribution in [0, 0.1) is 13.8 Å². The molecule has 0 bridgehead atoms. The first-order valence-electron chi connectivity index (χ1n) is 5.29. The molecule has 0 unspecified atom stereocenters. The van der Waals surface area contributed by atoms with Crippen LogP contribution < -0.4 is 5.32 Å². The van der Waals surface area contributed by atoms with Crippen molar-refractivity contribution in [2.75, 3.05) is 0 Å². The first-order chi connectivity index (χ1) is 7.74. The Hall–Kier alpha value is -1.26. The van der Waals surface area contributed by atoms with Crippen molar-refractivity contribution in [3.63, 3.8) is 0 Å². The molecule has 2 aromatic rings. The van der Waals surface area contributed by atoms with Crippen molar-refractivity contribution < 1.29 is 0 Å². The Morgan fingerprint density at radius 2 is 2.06 bits per heavy atom. The van der Waals surface area contributed by atoms with Gasteiger partial charge >= 0.3 is 0 Å². The lowest BCUT2D eigenvalue weighted by Gasteiger charge is -2.03. The zero-order valence-electron chi connectivity index (χ0n) is 9.53. The molecule has 1 aromatic carbocycles. The summed E-state index contributed by atoms with van der Waals surface area (Å²) in [6, 6.07) is 8.52. The van der Waals surface area contributed by atoms with E-state index in [0.29, 0.717) is 0 Å². The number of rotatable bonds is 4. The highest BCUT2D eigenvalue weighted by Gasteiger charge is 1.99. The molecule has 2 rings (SSSR count). The predicted molar refractivity (Wildman–Crippen MR) is 66.4 cm³/mol. The molecule has 0 radical (unpaired) electrons. The van der Waals surface area contributed by atoms with Gasteiger partial charge in [-0.3, -0.25) is 0 Å². The molecule has 0 amide bonds. The lowest BCUT2D eigenvalue weighted by Crippen LogP contribution is -2.12. The van der Waals surface area contributed by atoms with E-state index in [-0.39, 0.29) is 0 Å². The summed E-state index contributed by atoms with van der Waals surface area (Å²) in [7, 11) is 0. The average Bonchev–Trinajstić information content (AvgIpc) is 2.64. The van der Waals surface area contributed by atoms with Crippen LogP contribution in [0.2, 0.25) is 0 Å². The van der Waals surface area contributed by atoms with Crippen LogP contribution in [0.4, 0.5) is 0 Å². The predicted octanol–water partition coefficient (Wildman–Crippen LogP) is 2.44. The second-order valence-electron chi connectivity index (χ2n) is 3.81. The largest absolute Gasteiger partial charge is 0.306 e. The van der Waals surface area contributed by atoms with Gasteiger partial charge in [0.25, 0.3) is 0 Å². The molecule has 1 N–H and O–H groups in total. The van der Waals surface area contributed by atoms with Gasteiger partial charge < -0.3 is 5.32 Å². The minimum Gasteiger partial charge on any atom is -0.306 e. The minimum absolute atomic E-state index is 0.791. The molecule has 1 heterocycles. The van der Waals surface area contributed by atoms with Crippen molar-refractivity contribution in [1.29, 1.82) is 0 Å². The fourth-order valence-electron chi connectivity index (χ4n) is 1.54. The highest BCUT2D eigenvalue weighted by molar-refractivity contribution is 7.11. The summed E-state index contributed by atoms with van der Waals surface area (Å²) < 4.78 is 0. The van der Waals surface area contributed by atoms with Gasteiger partial charge in [0.1, 0.15) is 10.0 Å². The summed E-state index contributed by atoms with van der Waals surface area (Å²) in [4.78, 5) is 0. The monoisotopic (exact) mass is 233 g/mol. The fourth-order valence-corrected chi connectivity index (χ4v) is 2.22. The fraction of sp³-hybridized carbons (Fsp3) is 0.333. The third-order valence-electron chi connectivity index (χ3n) is 2.26. The van der Waals surface area contributed by atoms with Crippen LogP contribution in [0.1, 0.15) is 21.1 Å². The van der Waals surface area contributed by atoms with E-state index >= 15 is 0 Å². The third-order valence-corrected chi connectivity index (χ3v) is 3.09. The molecule has 0 spiro atoms. The summed E-state index contributed by atoms with van der Waals surface area (Å²) >= 11 is 1.64. The Morgan fingerprint density at radius 1 is 1.19 bits per heavy atom. The molecule has 0 saturated heterocycles. The Balaban J connectivity index is 1.84. The highest BCUT2D eigenvalue weighted by Crippen LogP contribution is 2.08. The average molecular weight is 233 g/mol. The van der Waals surface area contributed by atoms with Crippen LogP contribution >= 0.6 is 11.3 Å². The van der Waals surface area contributed by atoms with Gasteiger partial charge in [-0.25, -0.2) is 0 Å². The first kappa shape index (κ1) is 11.2. The molecule has 16 heavy (non-hydrogen) atoms. The lowest BCUT2D eigenvalue weighted by molar-refractivity contribution is 0.683. The highest BCUT2D eigenvalue weighted by atomic mass is 32.1. The zero-order chi connectivity index (χ0) is 11.4. The van der Waals surface area contributed by atoms with Gasteiger partial charge in [-0.2, -0.15) is 0 Å². The van der Waals surface area contributed by atoms with Gasteiger partial charge in [-0.05, 0) is 19.4 Å². The van der Waals surface area contributed by atoms with Crippen LogP contribution in [-0.2, 0) is 13.1 Å². The molecule has 0 atom stereocenters. The molecule has 0 aliphatic carbocycles. The van der Waals surface area contributed by atoms with Gasteiger partial charge in [-0.1, -0.05) is 29.8 Å². The van der Waals surface area contributed by atoms with Gasteiger partial charge in [-0.15, -0.1) is 21.5 Å². The van der Waals surface area contributed by atoms with E-state index in [0.717, 1.165) is 23.1 Å². The van der Waals surface area contributed by atoms with E-state index in [1.807, 2.05) is 6.92 Å². The van der Waals surface area contributed by atoms with Crippen molar-refractivity contribution in [3.05, 3.63) is 45.4 Å². The van der Waals surface area contributed by atoms with Gasteiger partial charge in [0.15, 0.2) is 0 Å². The second kappa shape index (κ2) is 5.18. The van der Waals surface area contributed by atoms with Crippen molar-refractivity contribution in [2.45, 2.75) is 26.9 Å². The molecule has 0 saturated carbocycles. The van der Waals surface area contributed by atoms with E-state index in [1.54, 1.807) is 11.3 Å². The summed E-state index contributed by atoms with van der Waals surface area (Å²) in [5, 5.41) is 13.5. The van der Waals surface area contributed by atoms with Crippen molar-refractivity contribution >= 4 is 11.3 Å². The van der Waals surface area contributed by atoms with E-state index in [4.69, 9.17) is 0 Å². The van der Waals surface area contributed by atoms with Crippen LogP contribution in [-0.4, -0.2) is 10.2 Å². The van der Waals surface area contributed by atoms with Gasteiger partial charge in [0.05, 0.1) is 0 Å². The molecular weight excluding hydrogens is 218 g/mol. The number of aromatic nitrogens is 2. The van der Waals surface area contributed by atoms with Crippen LogP contribution in [0.3, 0.4) is 0 Å². The smallest absolute Gasteiger partial charge is 0.131 e. The molecule has 84 valence electrons. The zero-order valence-corrected chi connectivity index (χ0v) is 10.3. The standard InChI is InChI=1S/C12H15N3S/c1-9-4-3-5-11(6-9)7-13-8-12-15-14-10(2)16-12/h3-6,13H,7-8H2,1-2H3.